The zero-order chi connectivity index (χ0) is 13.5. The van der Waals surface area contributed by atoms with Crippen molar-refractivity contribution in [3.63, 3.8) is 0 Å². The van der Waals surface area contributed by atoms with Gasteiger partial charge in [-0.1, -0.05) is 0 Å². The largest absolute Gasteiger partial charge is 0.389 e. The van der Waals surface area contributed by atoms with E-state index in [4.69, 9.17) is 12.2 Å². The Balaban J connectivity index is 4.23. The molecule has 0 aliphatic rings. The minimum absolute atomic E-state index is 0.203. The zero-order valence-corrected chi connectivity index (χ0v) is 9.84. The quantitative estimate of drug-likeness (QED) is 0.439. The summed E-state index contributed by atoms with van der Waals surface area (Å²) < 4.78 is 49.4. The maximum atomic E-state index is 13.9. The molecule has 0 saturated heterocycles. The third kappa shape index (κ3) is 7.10. The van der Waals surface area contributed by atoms with Gasteiger partial charge in [0.05, 0.1) is 6.42 Å². The molecular weight excluding hydrogens is 258 g/mol. The second kappa shape index (κ2) is 6.74. The molecule has 98 valence electrons. The predicted molar refractivity (Wildman–Crippen MR) is 58.8 cm³/mol. The lowest BCUT2D eigenvalue weighted by Gasteiger charge is -2.21. The van der Waals surface area contributed by atoms with Crippen molar-refractivity contribution in [3.05, 3.63) is 0 Å². The van der Waals surface area contributed by atoms with Gasteiger partial charge in [-0.3, -0.25) is 4.79 Å². The van der Waals surface area contributed by atoms with E-state index in [1.807, 2.05) is 0 Å². The van der Waals surface area contributed by atoms with Crippen molar-refractivity contribution in [2.75, 3.05) is 5.75 Å². The Morgan fingerprint density at radius 1 is 1.29 bits per heavy atom. The van der Waals surface area contributed by atoms with Crippen molar-refractivity contribution >= 4 is 17.7 Å². The van der Waals surface area contributed by atoms with Crippen LogP contribution in [0.25, 0.3) is 0 Å². The van der Waals surface area contributed by atoms with E-state index in [1.54, 1.807) is 0 Å². The van der Waals surface area contributed by atoms with Gasteiger partial charge < -0.3 is 5.73 Å². The van der Waals surface area contributed by atoms with Crippen molar-refractivity contribution < 1.29 is 22.4 Å². The number of hydrogen-bond acceptors (Lipinski definition) is 2. The van der Waals surface area contributed by atoms with Crippen LogP contribution in [-0.4, -0.2) is 22.8 Å². The summed E-state index contributed by atoms with van der Waals surface area (Å²) in [5.41, 5.74) is 4.84. The van der Waals surface area contributed by atoms with Gasteiger partial charge in [0, 0.05) is 18.6 Å². The number of primary amides is 1. The van der Waals surface area contributed by atoms with Gasteiger partial charge in [-0.2, -0.15) is 13.2 Å². The van der Waals surface area contributed by atoms with Gasteiger partial charge in [0.1, 0.15) is 0 Å². The molecule has 2 N–H and O–H groups in total. The average molecular weight is 271 g/mol. The molecule has 0 rings (SSSR count). The number of hydrogen-bond donors (Lipinski definition) is 1. The van der Waals surface area contributed by atoms with Crippen LogP contribution >= 0.6 is 11.8 Å². The molecule has 0 radical (unpaired) electrons. The summed E-state index contributed by atoms with van der Waals surface area (Å²) in [4.78, 5) is 10.9. The van der Waals surface area contributed by atoms with Crippen LogP contribution in [-0.2, 0) is 4.79 Å². The third-order valence-electron chi connectivity index (χ3n) is 1.90. The lowest BCUT2D eigenvalue weighted by atomic mass is 10.1. The summed E-state index contributed by atoms with van der Waals surface area (Å²) in [6, 6.07) is 0. The van der Waals surface area contributed by atoms with Crippen LogP contribution in [0, 0.1) is 12.3 Å². The summed E-state index contributed by atoms with van der Waals surface area (Å²) >= 11 is 0.279. The van der Waals surface area contributed by atoms with E-state index >= 15 is 0 Å². The Bertz CT molecular complexity index is 300. The Morgan fingerprint density at radius 2 is 1.88 bits per heavy atom. The molecule has 0 aliphatic carbocycles. The second-order valence-corrected chi connectivity index (χ2v) is 4.71. The fraction of sp³-hybridized carbons (Fsp3) is 0.700. The van der Waals surface area contributed by atoms with Crippen molar-refractivity contribution in [1.29, 1.82) is 0 Å². The van der Waals surface area contributed by atoms with Crippen LogP contribution in [0.3, 0.4) is 0 Å². The molecule has 0 aromatic heterocycles. The minimum Gasteiger partial charge on any atom is -0.366 e. The van der Waals surface area contributed by atoms with Gasteiger partial charge >= 0.3 is 6.18 Å². The fourth-order valence-corrected chi connectivity index (χ4v) is 2.10. The van der Waals surface area contributed by atoms with Crippen LogP contribution in [0.5, 0.6) is 0 Å². The molecule has 1 amide bonds. The van der Waals surface area contributed by atoms with E-state index in [0.29, 0.717) is 0 Å². The van der Waals surface area contributed by atoms with Crippen LogP contribution in [0.15, 0.2) is 0 Å². The molecule has 17 heavy (non-hydrogen) atoms. The summed E-state index contributed by atoms with van der Waals surface area (Å²) in [5.74, 6) is 0.447. The average Bonchev–Trinajstić information content (AvgIpc) is 2.15. The van der Waals surface area contributed by atoms with Crippen LogP contribution in [0.2, 0.25) is 0 Å². The van der Waals surface area contributed by atoms with E-state index in [2.05, 4.69) is 5.92 Å². The maximum absolute atomic E-state index is 13.9. The number of halogens is 4. The highest BCUT2D eigenvalue weighted by Crippen LogP contribution is 2.35. The van der Waals surface area contributed by atoms with Crippen molar-refractivity contribution in [1.82, 2.24) is 0 Å². The van der Waals surface area contributed by atoms with Gasteiger partial charge in [0.25, 0.3) is 5.91 Å². The lowest BCUT2D eigenvalue weighted by Crippen LogP contribution is -2.37. The summed E-state index contributed by atoms with van der Waals surface area (Å²) in [6.07, 6.45) is -0.401. The third-order valence-corrected chi connectivity index (χ3v) is 3.17. The Kier molecular flexibility index (Phi) is 6.39. The predicted octanol–water partition coefficient (Wildman–Crippen LogP) is 2.63. The first-order chi connectivity index (χ1) is 7.71. The molecule has 0 heterocycles. The molecule has 0 aromatic carbocycles. The normalized spacial score (nSPS) is 15.0. The topological polar surface area (TPSA) is 43.1 Å². The van der Waals surface area contributed by atoms with Crippen molar-refractivity contribution in [2.24, 2.45) is 5.73 Å². The van der Waals surface area contributed by atoms with Gasteiger partial charge in [0.2, 0.25) is 5.00 Å². The number of thioether (sulfide) groups is 1. The van der Waals surface area contributed by atoms with Gasteiger partial charge in [-0.05, 0) is 6.42 Å². The first-order valence-corrected chi connectivity index (χ1v) is 5.83. The van der Waals surface area contributed by atoms with Gasteiger partial charge in [0.15, 0.2) is 0 Å². The maximum Gasteiger partial charge on any atom is 0.389 e. The highest BCUT2D eigenvalue weighted by Gasteiger charge is 2.38. The SMILES string of the molecule is C#CCCCC(F)(SCCC(F)(F)F)C(N)=O. The molecule has 2 nitrogen and oxygen atoms in total. The molecule has 0 aromatic rings. The number of carbonyl (C=O) groups is 1. The summed E-state index contributed by atoms with van der Waals surface area (Å²) in [5, 5.41) is -2.47. The second-order valence-electron chi connectivity index (χ2n) is 3.36. The molecule has 0 saturated carbocycles. The highest BCUT2D eigenvalue weighted by atomic mass is 32.2. The summed E-state index contributed by atoms with van der Waals surface area (Å²) in [6.45, 7) is 0. The standard InChI is InChI=1S/C10H13F4NOS/c1-2-3-4-5-9(11,8(15)16)17-7-6-10(12,13)14/h1H,3-7H2,(H2,15,16). The molecule has 0 aliphatic heterocycles. The zero-order valence-electron chi connectivity index (χ0n) is 9.02. The molecule has 0 bridgehead atoms. The fourth-order valence-electron chi connectivity index (χ4n) is 1.01. The van der Waals surface area contributed by atoms with E-state index < -0.39 is 29.3 Å². The first-order valence-electron chi connectivity index (χ1n) is 4.84. The lowest BCUT2D eigenvalue weighted by molar-refractivity contribution is -0.130. The minimum atomic E-state index is -4.37. The van der Waals surface area contributed by atoms with Crippen LogP contribution in [0.1, 0.15) is 25.7 Å². The van der Waals surface area contributed by atoms with E-state index in [9.17, 15) is 22.4 Å². The van der Waals surface area contributed by atoms with Crippen LogP contribution in [0.4, 0.5) is 17.6 Å². The molecule has 1 unspecified atom stereocenters. The Morgan fingerprint density at radius 3 is 2.29 bits per heavy atom. The number of unbranched alkanes of at least 4 members (excludes halogenated alkanes) is 1. The number of rotatable bonds is 7. The molecule has 1 atom stereocenters. The molecular formula is C10H13F4NOS. The van der Waals surface area contributed by atoms with Crippen molar-refractivity contribution in [3.8, 4) is 12.3 Å². The van der Waals surface area contributed by atoms with E-state index in [0.717, 1.165) is 0 Å². The monoisotopic (exact) mass is 271 g/mol. The van der Waals surface area contributed by atoms with Crippen molar-refractivity contribution in [2.45, 2.75) is 36.9 Å². The highest BCUT2D eigenvalue weighted by molar-refractivity contribution is 8.01. The molecule has 0 fully saturated rings. The van der Waals surface area contributed by atoms with Gasteiger partial charge in [-0.15, -0.1) is 24.1 Å². The smallest absolute Gasteiger partial charge is 0.366 e. The number of nitrogens with two attached hydrogens (primary N) is 1. The number of terminal acetylenes is 1. The number of alkyl halides is 4. The van der Waals surface area contributed by atoms with E-state index in [1.165, 1.54) is 0 Å². The number of carbonyl (C=O) groups excluding carboxylic acids is 1. The first kappa shape index (κ1) is 16.1. The summed E-state index contributed by atoms with van der Waals surface area (Å²) in [7, 11) is 0. The Labute approximate surface area is 101 Å². The number of amides is 1. The molecule has 0 spiro atoms. The van der Waals surface area contributed by atoms with Gasteiger partial charge in [-0.25, -0.2) is 4.39 Å². The Hall–Kier alpha value is -0.900. The van der Waals surface area contributed by atoms with E-state index in [-0.39, 0.29) is 31.0 Å². The van der Waals surface area contributed by atoms with Crippen LogP contribution < -0.4 is 5.73 Å². The molecule has 7 heteroatoms.